The molecule has 2 rings (SSSR count). The van der Waals surface area contributed by atoms with Gasteiger partial charge in [0, 0.05) is 11.1 Å². The molecule has 144 valence electrons. The van der Waals surface area contributed by atoms with Crippen LogP contribution in [0, 0.1) is 4.91 Å². The van der Waals surface area contributed by atoms with Gasteiger partial charge in [-0.2, -0.15) is 0 Å². The number of rotatable bonds is 0. The number of hydrogen-bond acceptors (Lipinski definition) is 1. The third-order valence-corrected chi connectivity index (χ3v) is 2.82. The van der Waals surface area contributed by atoms with Crippen LogP contribution in [0.25, 0.3) is 11.0 Å². The van der Waals surface area contributed by atoms with Crippen LogP contribution in [0.4, 0.5) is 25.2 Å². The number of hydrogen-bond donors (Lipinski definition) is 1. The van der Waals surface area contributed by atoms with Gasteiger partial charge in [0.25, 0.3) is 0 Å². The number of nitrogens with one attached hydrogen (secondary N) is 1. The summed E-state index contributed by atoms with van der Waals surface area (Å²) in [5, 5.41) is 3.28. The van der Waals surface area contributed by atoms with Crippen LogP contribution in [0.2, 0.25) is 5.02 Å². The van der Waals surface area contributed by atoms with Gasteiger partial charge >= 0.3 is 38.9 Å². The van der Waals surface area contributed by atoms with E-state index < -0.39 is 7.81 Å². The zero-order chi connectivity index (χ0) is 19.9. The molecule has 14 heteroatoms. The predicted octanol–water partition coefficient (Wildman–Crippen LogP) is 3.96. The minimum absolute atomic E-state index is 0.503. The molecule has 0 spiro atoms. The molecule has 25 heavy (non-hydrogen) atoms. The van der Waals surface area contributed by atoms with E-state index in [4.69, 9.17) is 11.6 Å². The first-order chi connectivity index (χ1) is 10.9. The van der Waals surface area contributed by atoms with Crippen LogP contribution >= 0.6 is 19.4 Å². The molecule has 1 aromatic carbocycles. The average molecular weight is 415 g/mol. The summed E-state index contributed by atoms with van der Waals surface area (Å²) in [4.78, 5) is 13.8. The molecular formula is C11H16ClF6N5OP+. The van der Waals surface area contributed by atoms with Crippen LogP contribution in [-0.4, -0.2) is 53.5 Å². The summed E-state index contributed by atoms with van der Waals surface area (Å²) < 4.78 is 63.5. The SMILES string of the molecule is CN(C)C(n1[nH][n+](=O)c2cc(Cl)ccc21)=[N+](C)C.F[P-](F)(F)(F)(F)F. The second-order valence-electron chi connectivity index (χ2n) is 5.41. The van der Waals surface area contributed by atoms with E-state index in [1.54, 1.807) is 16.8 Å². The molecule has 0 aliphatic heterocycles. The molecule has 0 fully saturated rings. The Morgan fingerprint density at radius 2 is 1.68 bits per heavy atom. The first-order valence-corrected chi connectivity index (χ1v) is 8.88. The molecule has 0 unspecified atom stereocenters. The maximum atomic E-state index is 11.8. The summed E-state index contributed by atoms with van der Waals surface area (Å²) in [6.45, 7) is 0. The van der Waals surface area contributed by atoms with Gasteiger partial charge in [0.15, 0.2) is 5.52 Å². The maximum absolute atomic E-state index is 11.8. The second kappa shape index (κ2) is 5.87. The summed E-state index contributed by atoms with van der Waals surface area (Å²) in [6, 6.07) is 5.21. The standard InChI is InChI=1S/C11H16ClN5O.F6P/c1-14(2)11(15(3)4)16-9-6-5-8(12)7-10(9)17(18)13-16;1-7(2,3,4,5)6/h5-7H,1-4H3,(H,13,18);/q+2;-1. The zero-order valence-corrected chi connectivity index (χ0v) is 15.2. The molecule has 6 nitrogen and oxygen atoms in total. The Kier molecular flexibility index (Phi) is 4.99. The molecule has 0 amide bonds. The van der Waals surface area contributed by atoms with Gasteiger partial charge in [-0.15, -0.1) is 0 Å². The van der Waals surface area contributed by atoms with Crippen molar-refractivity contribution in [3.63, 3.8) is 0 Å². The van der Waals surface area contributed by atoms with Crippen LogP contribution in [0.15, 0.2) is 18.2 Å². The predicted molar refractivity (Wildman–Crippen MR) is 84.4 cm³/mol. The molecular weight excluding hydrogens is 399 g/mol. The van der Waals surface area contributed by atoms with E-state index in [0.717, 1.165) is 11.5 Å². The van der Waals surface area contributed by atoms with Crippen molar-refractivity contribution in [2.75, 3.05) is 28.2 Å². The van der Waals surface area contributed by atoms with Crippen LogP contribution in [0.3, 0.4) is 0 Å². The number of benzene rings is 1. The van der Waals surface area contributed by atoms with Gasteiger partial charge in [0.1, 0.15) is 0 Å². The van der Waals surface area contributed by atoms with Crippen molar-refractivity contribution >= 4 is 36.4 Å². The third-order valence-electron chi connectivity index (χ3n) is 2.59. The van der Waals surface area contributed by atoms with Crippen molar-refractivity contribution in [2.24, 2.45) is 0 Å². The number of aromatic amines is 1. The zero-order valence-electron chi connectivity index (χ0n) is 13.5. The molecule has 1 aromatic heterocycles. The first kappa shape index (κ1) is 21.2. The fraction of sp³-hybridized carbons (Fsp3) is 0.364. The Labute approximate surface area is 142 Å². The first-order valence-electron chi connectivity index (χ1n) is 6.48. The Bertz CT molecular complexity index is 871. The summed E-state index contributed by atoms with van der Waals surface area (Å²) in [5.41, 5.74) is 1.27. The van der Waals surface area contributed by atoms with Crippen molar-refractivity contribution < 1.29 is 34.3 Å². The molecule has 1 N–H and O–H groups in total. The van der Waals surface area contributed by atoms with Crippen molar-refractivity contribution in [1.82, 2.24) is 14.8 Å². The third kappa shape index (κ3) is 7.30. The molecule has 0 bridgehead atoms. The van der Waals surface area contributed by atoms with Crippen LogP contribution in [0.5, 0.6) is 0 Å². The Morgan fingerprint density at radius 3 is 2.08 bits per heavy atom. The topological polar surface area (TPSA) is 49.9 Å². The molecule has 0 aliphatic carbocycles. The van der Waals surface area contributed by atoms with Crippen LogP contribution in [-0.2, 0) is 0 Å². The van der Waals surface area contributed by atoms with E-state index in [-0.39, 0.29) is 0 Å². The Hall–Kier alpha value is -1.81. The number of halogens is 7. The minimum atomic E-state index is -10.7. The number of aromatic nitrogens is 3. The average Bonchev–Trinajstić information content (AvgIpc) is 2.61. The molecule has 2 aromatic rings. The number of nitrogens with zero attached hydrogens (tertiary/aromatic N) is 4. The summed E-state index contributed by atoms with van der Waals surface area (Å²) in [5.74, 6) is 0.844. The van der Waals surface area contributed by atoms with E-state index in [2.05, 4.69) is 5.21 Å². The molecule has 0 saturated heterocycles. The summed E-state index contributed by atoms with van der Waals surface area (Å²) >= 11 is 5.90. The van der Waals surface area contributed by atoms with Gasteiger partial charge < -0.3 is 0 Å². The van der Waals surface area contributed by atoms with E-state index >= 15 is 0 Å². The molecule has 0 saturated carbocycles. The summed E-state index contributed by atoms with van der Waals surface area (Å²) in [6.07, 6.45) is 0. The molecule has 0 aliphatic rings. The fourth-order valence-corrected chi connectivity index (χ4v) is 2.17. The van der Waals surface area contributed by atoms with Crippen molar-refractivity contribution in [2.45, 2.75) is 0 Å². The quantitative estimate of drug-likeness (QED) is 0.233. The second-order valence-corrected chi connectivity index (χ2v) is 7.76. The van der Waals surface area contributed by atoms with Gasteiger partial charge in [-0.1, -0.05) is 21.5 Å². The van der Waals surface area contributed by atoms with Gasteiger partial charge in [-0.25, -0.2) is 0 Å². The van der Waals surface area contributed by atoms with Crippen LogP contribution in [0.1, 0.15) is 0 Å². The van der Waals surface area contributed by atoms with Crippen molar-refractivity contribution in [3.05, 3.63) is 28.1 Å². The van der Waals surface area contributed by atoms with E-state index in [1.165, 1.54) is 0 Å². The Balaban J connectivity index is 0.000000381. The molecule has 1 heterocycles. The van der Waals surface area contributed by atoms with E-state index in [9.17, 15) is 30.1 Å². The van der Waals surface area contributed by atoms with Gasteiger partial charge in [0.05, 0.1) is 32.7 Å². The van der Waals surface area contributed by atoms with E-state index in [0.29, 0.717) is 15.1 Å². The fourth-order valence-electron chi connectivity index (χ4n) is 2.00. The molecule has 0 atom stereocenters. The van der Waals surface area contributed by atoms with Crippen molar-refractivity contribution in [1.29, 1.82) is 0 Å². The number of fused-ring (bicyclic) bond motifs is 1. The van der Waals surface area contributed by atoms with Crippen LogP contribution < -0.4 is 4.54 Å². The van der Waals surface area contributed by atoms with E-state index in [1.807, 2.05) is 43.7 Å². The molecule has 0 radical (unpaired) electrons. The van der Waals surface area contributed by atoms with Crippen molar-refractivity contribution in [3.8, 4) is 0 Å². The number of H-pyrrole nitrogens is 1. The van der Waals surface area contributed by atoms with Gasteiger partial charge in [-0.3, -0.25) is 9.48 Å². The van der Waals surface area contributed by atoms with Gasteiger partial charge in [0.2, 0.25) is 5.52 Å². The van der Waals surface area contributed by atoms with Gasteiger partial charge in [-0.05, 0) is 17.0 Å². The Morgan fingerprint density at radius 1 is 1.20 bits per heavy atom. The summed E-state index contributed by atoms with van der Waals surface area (Å²) in [7, 11) is -2.99. The normalized spacial score (nSPS) is 14.2. The monoisotopic (exact) mass is 414 g/mol.